The molecule has 0 N–H and O–H groups in total. The van der Waals surface area contributed by atoms with Crippen molar-refractivity contribution >= 4 is 12.2 Å². The van der Waals surface area contributed by atoms with E-state index in [0.29, 0.717) is 0 Å². The van der Waals surface area contributed by atoms with Crippen LogP contribution in [0.15, 0.2) is 42.9 Å². The van der Waals surface area contributed by atoms with Gasteiger partial charge in [0.15, 0.2) is 0 Å². The molecule has 74 valence electrons. The summed E-state index contributed by atoms with van der Waals surface area (Å²) in [5.74, 6) is 0. The maximum absolute atomic E-state index is 4.17. The Morgan fingerprint density at radius 3 is 2.80 bits per heavy atom. The second-order valence-corrected chi connectivity index (χ2v) is 3.38. The minimum absolute atomic E-state index is 0.874. The van der Waals surface area contributed by atoms with Crippen LogP contribution in [0.4, 0.5) is 0 Å². The van der Waals surface area contributed by atoms with Gasteiger partial charge in [-0.15, -0.1) is 0 Å². The molecule has 1 aromatic heterocycles. The fraction of sp³-hybridized carbons (Fsp3) is 0.0769. The van der Waals surface area contributed by atoms with Gasteiger partial charge in [0.2, 0.25) is 0 Å². The van der Waals surface area contributed by atoms with Gasteiger partial charge in [-0.3, -0.25) is 9.97 Å². The third-order valence-corrected chi connectivity index (χ3v) is 2.07. The number of hydrogen-bond acceptors (Lipinski definition) is 2. The maximum Gasteiger partial charge on any atom is 0.0813 e. The molecule has 0 radical (unpaired) electrons. The first-order valence-corrected chi connectivity index (χ1v) is 4.85. The summed E-state index contributed by atoms with van der Waals surface area (Å²) < 4.78 is 0. The van der Waals surface area contributed by atoms with Gasteiger partial charge >= 0.3 is 0 Å². The minimum atomic E-state index is 0.874. The number of aryl methyl sites for hydroxylation is 1. The summed E-state index contributed by atoms with van der Waals surface area (Å²) in [5.41, 5.74) is 3.32. The fourth-order valence-corrected chi connectivity index (χ4v) is 1.35. The van der Waals surface area contributed by atoms with Crippen LogP contribution in [0.25, 0.3) is 12.2 Å². The summed E-state index contributed by atoms with van der Waals surface area (Å²) in [4.78, 5) is 8.17. The summed E-state index contributed by atoms with van der Waals surface area (Å²) in [6.07, 6.45) is 9.10. The molecule has 0 unspecified atom stereocenters. The summed E-state index contributed by atoms with van der Waals surface area (Å²) in [7, 11) is 0. The molecule has 0 aliphatic rings. The Labute approximate surface area is 89.3 Å². The van der Waals surface area contributed by atoms with Crippen molar-refractivity contribution < 1.29 is 0 Å². The summed E-state index contributed by atoms with van der Waals surface area (Å²) >= 11 is 0. The highest BCUT2D eigenvalue weighted by Crippen LogP contribution is 2.07. The maximum atomic E-state index is 4.17. The third kappa shape index (κ3) is 2.74. The van der Waals surface area contributed by atoms with E-state index in [4.69, 9.17) is 0 Å². The molecule has 0 fully saturated rings. The zero-order valence-electron chi connectivity index (χ0n) is 8.59. The Kier molecular flexibility index (Phi) is 2.88. The SMILES string of the molecule is Cc1cccc(/C=C/c2cnccn2)c1. The van der Waals surface area contributed by atoms with Crippen molar-refractivity contribution in [1.29, 1.82) is 0 Å². The molecule has 0 amide bonds. The largest absolute Gasteiger partial charge is 0.261 e. The van der Waals surface area contributed by atoms with Gasteiger partial charge in [0, 0.05) is 12.4 Å². The van der Waals surface area contributed by atoms with E-state index in [1.165, 1.54) is 11.1 Å². The van der Waals surface area contributed by atoms with Crippen LogP contribution in [-0.4, -0.2) is 9.97 Å². The van der Waals surface area contributed by atoms with Gasteiger partial charge in [-0.25, -0.2) is 0 Å². The van der Waals surface area contributed by atoms with E-state index in [0.717, 1.165) is 5.69 Å². The number of aromatic nitrogens is 2. The van der Waals surface area contributed by atoms with Crippen molar-refractivity contribution in [3.63, 3.8) is 0 Å². The summed E-state index contributed by atoms with van der Waals surface area (Å²) in [6, 6.07) is 8.33. The number of benzene rings is 1. The molecular formula is C13H12N2. The quantitative estimate of drug-likeness (QED) is 0.738. The highest BCUT2D eigenvalue weighted by Gasteiger charge is 1.88. The van der Waals surface area contributed by atoms with E-state index >= 15 is 0 Å². The van der Waals surface area contributed by atoms with Crippen molar-refractivity contribution in [1.82, 2.24) is 9.97 Å². The van der Waals surface area contributed by atoms with Crippen LogP contribution in [0.3, 0.4) is 0 Å². The van der Waals surface area contributed by atoms with Crippen molar-refractivity contribution in [2.75, 3.05) is 0 Å². The van der Waals surface area contributed by atoms with Crippen LogP contribution in [-0.2, 0) is 0 Å². The molecular weight excluding hydrogens is 184 g/mol. The molecule has 0 saturated carbocycles. The van der Waals surface area contributed by atoms with Gasteiger partial charge in [0.05, 0.1) is 11.9 Å². The molecule has 2 nitrogen and oxygen atoms in total. The first-order chi connectivity index (χ1) is 7.34. The van der Waals surface area contributed by atoms with Gasteiger partial charge in [-0.2, -0.15) is 0 Å². The Bertz CT molecular complexity index is 461. The Balaban J connectivity index is 2.19. The third-order valence-electron chi connectivity index (χ3n) is 2.07. The lowest BCUT2D eigenvalue weighted by atomic mass is 10.1. The molecule has 1 aromatic carbocycles. The van der Waals surface area contributed by atoms with Crippen LogP contribution in [0.1, 0.15) is 16.8 Å². The highest BCUT2D eigenvalue weighted by molar-refractivity contribution is 5.67. The molecule has 0 aliphatic carbocycles. The lowest BCUT2D eigenvalue weighted by Gasteiger charge is -1.95. The molecule has 2 aromatic rings. The first kappa shape index (κ1) is 9.59. The Morgan fingerprint density at radius 2 is 2.07 bits per heavy atom. The highest BCUT2D eigenvalue weighted by atomic mass is 14.7. The second-order valence-electron chi connectivity index (χ2n) is 3.38. The lowest BCUT2D eigenvalue weighted by molar-refractivity contribution is 1.18. The Hall–Kier alpha value is -1.96. The van der Waals surface area contributed by atoms with Crippen LogP contribution >= 0.6 is 0 Å². The van der Waals surface area contributed by atoms with E-state index in [1.54, 1.807) is 18.6 Å². The van der Waals surface area contributed by atoms with Crippen molar-refractivity contribution in [2.24, 2.45) is 0 Å². The van der Waals surface area contributed by atoms with E-state index < -0.39 is 0 Å². The zero-order valence-corrected chi connectivity index (χ0v) is 8.59. The van der Waals surface area contributed by atoms with Crippen molar-refractivity contribution in [3.8, 4) is 0 Å². The number of rotatable bonds is 2. The molecule has 1 heterocycles. The van der Waals surface area contributed by atoms with Gasteiger partial charge in [-0.05, 0) is 18.6 Å². The van der Waals surface area contributed by atoms with Gasteiger partial charge in [0.1, 0.15) is 0 Å². The van der Waals surface area contributed by atoms with Gasteiger partial charge in [0.25, 0.3) is 0 Å². The normalized spacial score (nSPS) is 10.7. The minimum Gasteiger partial charge on any atom is -0.261 e. The first-order valence-electron chi connectivity index (χ1n) is 4.85. The van der Waals surface area contributed by atoms with Crippen molar-refractivity contribution in [2.45, 2.75) is 6.92 Å². The molecule has 0 saturated heterocycles. The van der Waals surface area contributed by atoms with Crippen LogP contribution < -0.4 is 0 Å². The average molecular weight is 196 g/mol. The topological polar surface area (TPSA) is 25.8 Å². The number of hydrogen-bond donors (Lipinski definition) is 0. The lowest BCUT2D eigenvalue weighted by Crippen LogP contribution is -1.80. The van der Waals surface area contributed by atoms with E-state index in [9.17, 15) is 0 Å². The van der Waals surface area contributed by atoms with Gasteiger partial charge in [-0.1, -0.05) is 35.9 Å². The monoisotopic (exact) mass is 196 g/mol. The predicted octanol–water partition coefficient (Wildman–Crippen LogP) is 2.96. The Morgan fingerprint density at radius 1 is 1.13 bits per heavy atom. The van der Waals surface area contributed by atoms with Crippen LogP contribution in [0, 0.1) is 6.92 Å². The van der Waals surface area contributed by atoms with Gasteiger partial charge < -0.3 is 0 Å². The summed E-state index contributed by atoms with van der Waals surface area (Å²) in [5, 5.41) is 0. The summed E-state index contributed by atoms with van der Waals surface area (Å²) in [6.45, 7) is 2.08. The molecule has 0 aliphatic heterocycles. The van der Waals surface area contributed by atoms with E-state index in [2.05, 4.69) is 35.1 Å². The molecule has 0 spiro atoms. The molecule has 0 bridgehead atoms. The fourth-order valence-electron chi connectivity index (χ4n) is 1.35. The zero-order chi connectivity index (χ0) is 10.5. The smallest absolute Gasteiger partial charge is 0.0813 e. The molecule has 2 rings (SSSR count). The van der Waals surface area contributed by atoms with E-state index in [1.807, 2.05) is 18.2 Å². The molecule has 15 heavy (non-hydrogen) atoms. The standard InChI is InChI=1S/C13H12N2/c1-11-3-2-4-12(9-11)5-6-13-10-14-7-8-15-13/h2-10H,1H3/b6-5+. The second kappa shape index (κ2) is 4.51. The molecule has 0 atom stereocenters. The molecule has 2 heteroatoms. The van der Waals surface area contributed by atoms with Crippen molar-refractivity contribution in [3.05, 3.63) is 59.7 Å². The number of nitrogens with zero attached hydrogens (tertiary/aromatic N) is 2. The predicted molar refractivity (Wildman–Crippen MR) is 62.1 cm³/mol. The van der Waals surface area contributed by atoms with E-state index in [-0.39, 0.29) is 0 Å². The van der Waals surface area contributed by atoms with Crippen LogP contribution in [0.2, 0.25) is 0 Å². The van der Waals surface area contributed by atoms with Crippen LogP contribution in [0.5, 0.6) is 0 Å². The average Bonchev–Trinajstić information content (AvgIpc) is 2.28.